The number of nitrogens with zero attached hydrogens (tertiary/aromatic N) is 2. The lowest BCUT2D eigenvalue weighted by atomic mass is 10.0. The molecule has 8 heteroatoms. The third kappa shape index (κ3) is 2.31. The number of carboxylic acid groups (broad SMARTS) is 1. The molecule has 0 spiro atoms. The van der Waals surface area contributed by atoms with E-state index in [1.807, 2.05) is 0 Å². The maximum Gasteiger partial charge on any atom is 0.416 e. The molecule has 20 heavy (non-hydrogen) atoms. The molecular formula is C12H10F3N3O2. The van der Waals surface area contributed by atoms with Crippen molar-refractivity contribution < 1.29 is 23.1 Å². The van der Waals surface area contributed by atoms with Crippen molar-refractivity contribution >= 4 is 11.8 Å². The number of nitrogen functional groups attached to an aromatic ring is 1. The molecule has 1 heterocycles. The second-order valence-electron chi connectivity index (χ2n) is 4.12. The van der Waals surface area contributed by atoms with Crippen LogP contribution in [0.1, 0.15) is 16.1 Å². The predicted molar refractivity (Wildman–Crippen MR) is 65.0 cm³/mol. The van der Waals surface area contributed by atoms with Crippen LogP contribution in [0.2, 0.25) is 0 Å². The minimum absolute atomic E-state index is 0.0123. The summed E-state index contributed by atoms with van der Waals surface area (Å²) in [6.07, 6.45) is -4.52. The Morgan fingerprint density at radius 2 is 2.05 bits per heavy atom. The van der Waals surface area contributed by atoms with Crippen molar-refractivity contribution in [2.24, 2.45) is 7.05 Å². The van der Waals surface area contributed by atoms with Gasteiger partial charge in [0.25, 0.3) is 0 Å². The van der Waals surface area contributed by atoms with Crippen molar-refractivity contribution in [2.75, 3.05) is 5.73 Å². The minimum atomic E-state index is -4.52. The number of carboxylic acids is 1. The molecule has 0 aliphatic heterocycles. The van der Waals surface area contributed by atoms with E-state index in [-0.39, 0.29) is 22.6 Å². The maximum atomic E-state index is 12.7. The standard InChI is InChI=1S/C12H10F3N3O2/c1-18-10(16)8(9(17-18)11(19)20)6-3-2-4-7(5-6)12(13,14)15/h2-5H,16H2,1H3,(H,19,20). The van der Waals surface area contributed by atoms with Gasteiger partial charge in [0, 0.05) is 7.05 Å². The first-order valence-electron chi connectivity index (χ1n) is 5.45. The highest BCUT2D eigenvalue weighted by atomic mass is 19.4. The summed E-state index contributed by atoms with van der Waals surface area (Å²) in [5.74, 6) is -1.37. The van der Waals surface area contributed by atoms with Crippen LogP contribution in [-0.2, 0) is 13.2 Å². The van der Waals surface area contributed by atoms with E-state index in [0.717, 1.165) is 16.8 Å². The first-order valence-corrected chi connectivity index (χ1v) is 5.45. The van der Waals surface area contributed by atoms with Gasteiger partial charge in [-0.15, -0.1) is 0 Å². The number of anilines is 1. The van der Waals surface area contributed by atoms with Gasteiger partial charge in [-0.2, -0.15) is 18.3 Å². The van der Waals surface area contributed by atoms with Gasteiger partial charge in [-0.05, 0) is 17.7 Å². The van der Waals surface area contributed by atoms with Gasteiger partial charge in [0.1, 0.15) is 5.82 Å². The van der Waals surface area contributed by atoms with Gasteiger partial charge in [0.05, 0.1) is 11.1 Å². The number of halogens is 3. The number of hydrogen-bond donors (Lipinski definition) is 2. The summed E-state index contributed by atoms with van der Waals surface area (Å²) in [6, 6.07) is 4.29. The molecule has 0 bridgehead atoms. The Bertz CT molecular complexity index is 677. The number of aryl methyl sites for hydroxylation is 1. The van der Waals surface area contributed by atoms with Crippen LogP contribution in [0, 0.1) is 0 Å². The number of hydrogen-bond acceptors (Lipinski definition) is 3. The second kappa shape index (κ2) is 4.55. The molecule has 3 N–H and O–H groups in total. The Morgan fingerprint density at radius 1 is 1.40 bits per heavy atom. The van der Waals surface area contributed by atoms with Crippen molar-refractivity contribution in [3.63, 3.8) is 0 Å². The molecule has 0 aliphatic carbocycles. The molecule has 0 saturated carbocycles. The van der Waals surface area contributed by atoms with E-state index in [1.165, 1.54) is 19.2 Å². The van der Waals surface area contributed by atoms with Crippen LogP contribution >= 0.6 is 0 Å². The van der Waals surface area contributed by atoms with E-state index in [4.69, 9.17) is 10.8 Å². The number of carbonyl (C=O) groups is 1. The summed E-state index contributed by atoms with van der Waals surface area (Å²) in [6.45, 7) is 0. The SMILES string of the molecule is Cn1nc(C(=O)O)c(-c2cccc(C(F)(F)F)c2)c1N. The van der Waals surface area contributed by atoms with Crippen LogP contribution in [0.4, 0.5) is 19.0 Å². The van der Waals surface area contributed by atoms with Crippen LogP contribution in [0.25, 0.3) is 11.1 Å². The molecule has 0 amide bonds. The lowest BCUT2D eigenvalue weighted by Crippen LogP contribution is -2.05. The molecule has 0 unspecified atom stereocenters. The first-order chi connectivity index (χ1) is 9.21. The van der Waals surface area contributed by atoms with E-state index < -0.39 is 17.7 Å². The lowest BCUT2D eigenvalue weighted by Gasteiger charge is -2.09. The summed E-state index contributed by atoms with van der Waals surface area (Å²) < 4.78 is 39.2. The molecule has 2 aromatic rings. The number of nitrogens with two attached hydrogens (primary N) is 1. The van der Waals surface area contributed by atoms with Crippen molar-refractivity contribution in [3.05, 3.63) is 35.5 Å². The fraction of sp³-hybridized carbons (Fsp3) is 0.167. The number of aromatic nitrogens is 2. The highest BCUT2D eigenvalue weighted by Crippen LogP contribution is 2.35. The summed E-state index contributed by atoms with van der Waals surface area (Å²) in [5.41, 5.74) is 4.46. The van der Waals surface area contributed by atoms with Crippen molar-refractivity contribution in [1.82, 2.24) is 9.78 Å². The van der Waals surface area contributed by atoms with Gasteiger partial charge in [-0.1, -0.05) is 12.1 Å². The van der Waals surface area contributed by atoms with E-state index in [9.17, 15) is 18.0 Å². The summed E-state index contributed by atoms with van der Waals surface area (Å²) in [7, 11) is 1.42. The first kappa shape index (κ1) is 13.9. The van der Waals surface area contributed by atoms with E-state index >= 15 is 0 Å². The van der Waals surface area contributed by atoms with Crippen LogP contribution in [0.3, 0.4) is 0 Å². The summed E-state index contributed by atoms with van der Waals surface area (Å²) in [4.78, 5) is 11.1. The van der Waals surface area contributed by atoms with Crippen LogP contribution in [-0.4, -0.2) is 20.9 Å². The highest BCUT2D eigenvalue weighted by Gasteiger charge is 2.31. The maximum absolute atomic E-state index is 12.7. The number of alkyl halides is 3. The smallest absolute Gasteiger partial charge is 0.416 e. The zero-order valence-electron chi connectivity index (χ0n) is 10.3. The minimum Gasteiger partial charge on any atom is -0.476 e. The molecule has 5 nitrogen and oxygen atoms in total. The van der Waals surface area contributed by atoms with E-state index in [0.29, 0.717) is 0 Å². The molecule has 2 rings (SSSR count). The molecule has 0 aliphatic rings. The van der Waals surface area contributed by atoms with Gasteiger partial charge in [0.15, 0.2) is 5.69 Å². The molecule has 1 aromatic carbocycles. The predicted octanol–water partition coefficient (Wildman–Crippen LogP) is 2.39. The molecule has 0 atom stereocenters. The topological polar surface area (TPSA) is 81.1 Å². The Hall–Kier alpha value is -2.51. The quantitative estimate of drug-likeness (QED) is 0.887. The highest BCUT2D eigenvalue weighted by molar-refractivity contribution is 5.97. The summed E-state index contributed by atoms with van der Waals surface area (Å²) >= 11 is 0. The molecule has 0 fully saturated rings. The summed E-state index contributed by atoms with van der Waals surface area (Å²) in [5, 5.41) is 12.7. The van der Waals surface area contributed by atoms with Gasteiger partial charge in [-0.3, -0.25) is 4.68 Å². The number of benzene rings is 1. The van der Waals surface area contributed by atoms with E-state index in [1.54, 1.807) is 0 Å². The zero-order valence-corrected chi connectivity index (χ0v) is 10.3. The van der Waals surface area contributed by atoms with Crippen molar-refractivity contribution in [1.29, 1.82) is 0 Å². The third-order valence-electron chi connectivity index (χ3n) is 2.77. The van der Waals surface area contributed by atoms with Gasteiger partial charge < -0.3 is 10.8 Å². The second-order valence-corrected chi connectivity index (χ2v) is 4.12. The Morgan fingerprint density at radius 3 is 2.60 bits per heavy atom. The largest absolute Gasteiger partial charge is 0.476 e. The van der Waals surface area contributed by atoms with Crippen LogP contribution < -0.4 is 5.73 Å². The third-order valence-corrected chi connectivity index (χ3v) is 2.77. The lowest BCUT2D eigenvalue weighted by molar-refractivity contribution is -0.137. The normalized spacial score (nSPS) is 11.6. The molecule has 0 radical (unpaired) electrons. The van der Waals surface area contributed by atoms with Gasteiger partial charge >= 0.3 is 12.1 Å². The Kier molecular flexibility index (Phi) is 3.16. The zero-order chi connectivity index (χ0) is 15.1. The van der Waals surface area contributed by atoms with Crippen molar-refractivity contribution in [2.45, 2.75) is 6.18 Å². The average Bonchev–Trinajstić information content (AvgIpc) is 2.65. The average molecular weight is 285 g/mol. The van der Waals surface area contributed by atoms with E-state index in [2.05, 4.69) is 5.10 Å². The van der Waals surface area contributed by atoms with Crippen LogP contribution in [0.15, 0.2) is 24.3 Å². The fourth-order valence-electron chi connectivity index (χ4n) is 1.82. The molecular weight excluding hydrogens is 275 g/mol. The van der Waals surface area contributed by atoms with Gasteiger partial charge in [0.2, 0.25) is 0 Å². The molecule has 106 valence electrons. The Balaban J connectivity index is 2.66. The number of aromatic carboxylic acids is 1. The number of rotatable bonds is 2. The van der Waals surface area contributed by atoms with Gasteiger partial charge in [-0.25, -0.2) is 4.79 Å². The van der Waals surface area contributed by atoms with Crippen molar-refractivity contribution in [3.8, 4) is 11.1 Å². The Labute approximate surface area is 111 Å². The molecule has 1 aromatic heterocycles. The molecule has 0 saturated heterocycles. The fourth-order valence-corrected chi connectivity index (χ4v) is 1.82. The van der Waals surface area contributed by atoms with Crippen LogP contribution in [0.5, 0.6) is 0 Å². The monoisotopic (exact) mass is 285 g/mol.